The largest absolute Gasteiger partial charge is 0.494 e. The maximum atomic E-state index is 12.5. The lowest BCUT2D eigenvalue weighted by Crippen LogP contribution is -2.32. The highest BCUT2D eigenvalue weighted by molar-refractivity contribution is 7.94. The number of nitrogens with zero attached hydrogens (tertiary/aromatic N) is 2. The van der Waals surface area contributed by atoms with Crippen molar-refractivity contribution in [2.75, 3.05) is 42.8 Å². The Morgan fingerprint density at radius 3 is 2.36 bits per heavy atom. The van der Waals surface area contributed by atoms with Crippen LogP contribution in [-0.4, -0.2) is 47.1 Å². The van der Waals surface area contributed by atoms with Crippen molar-refractivity contribution in [2.45, 2.75) is 12.8 Å². The van der Waals surface area contributed by atoms with Crippen LogP contribution in [0, 0.1) is 0 Å². The lowest BCUT2D eigenvalue weighted by molar-refractivity contribution is 0.287. The Labute approximate surface area is 168 Å². The zero-order valence-corrected chi connectivity index (χ0v) is 17.4. The number of hydrogen-bond acceptors (Lipinski definition) is 4. The van der Waals surface area contributed by atoms with Crippen molar-refractivity contribution >= 4 is 21.6 Å². The molecular weight excluding hydrogens is 374 g/mol. The van der Waals surface area contributed by atoms with Gasteiger partial charge >= 0.3 is 10.2 Å². The second kappa shape index (κ2) is 10.7. The molecule has 152 valence electrons. The van der Waals surface area contributed by atoms with Gasteiger partial charge in [-0.1, -0.05) is 24.3 Å². The Morgan fingerprint density at radius 2 is 1.71 bits per heavy atom. The normalized spacial score (nSPS) is 11.2. The van der Waals surface area contributed by atoms with E-state index in [9.17, 15) is 8.42 Å². The van der Waals surface area contributed by atoms with E-state index >= 15 is 0 Å². The van der Waals surface area contributed by atoms with Gasteiger partial charge in [-0.15, -0.1) is 6.58 Å². The minimum Gasteiger partial charge on any atom is -0.494 e. The Balaban J connectivity index is 1.83. The van der Waals surface area contributed by atoms with Gasteiger partial charge in [-0.05, 0) is 62.8 Å². The maximum Gasteiger partial charge on any atom is 0.323 e. The third-order valence-electron chi connectivity index (χ3n) is 4.23. The number of nitrogens with one attached hydrogen (secondary N) is 1. The van der Waals surface area contributed by atoms with Crippen LogP contribution in [0.25, 0.3) is 0 Å². The van der Waals surface area contributed by atoms with Gasteiger partial charge in [0.25, 0.3) is 0 Å². The zero-order valence-electron chi connectivity index (χ0n) is 16.5. The zero-order chi connectivity index (χ0) is 20.4. The maximum absolute atomic E-state index is 12.5. The van der Waals surface area contributed by atoms with Crippen molar-refractivity contribution in [2.24, 2.45) is 0 Å². The molecule has 28 heavy (non-hydrogen) atoms. The average Bonchev–Trinajstić information content (AvgIpc) is 2.68. The molecule has 0 saturated heterocycles. The van der Waals surface area contributed by atoms with E-state index in [2.05, 4.69) is 23.2 Å². The number of rotatable bonds is 12. The second-order valence-corrected chi connectivity index (χ2v) is 8.24. The topological polar surface area (TPSA) is 61.9 Å². The van der Waals surface area contributed by atoms with Gasteiger partial charge in [0.15, 0.2) is 0 Å². The molecule has 6 nitrogen and oxygen atoms in total. The van der Waals surface area contributed by atoms with Crippen molar-refractivity contribution < 1.29 is 13.2 Å². The molecule has 0 atom stereocenters. The first kappa shape index (κ1) is 21.8. The monoisotopic (exact) mass is 403 g/mol. The van der Waals surface area contributed by atoms with Crippen molar-refractivity contribution in [3.63, 3.8) is 0 Å². The summed E-state index contributed by atoms with van der Waals surface area (Å²) in [6, 6.07) is 15.8. The number of likely N-dealkylation sites (N-methyl/N-ethyl adjacent to an activating group) is 1. The van der Waals surface area contributed by atoms with E-state index in [0.717, 1.165) is 31.7 Å². The molecular formula is C21H29N3O3S. The second-order valence-electron chi connectivity index (χ2n) is 6.54. The molecule has 0 heterocycles. The highest BCUT2D eigenvalue weighted by Crippen LogP contribution is 2.22. The van der Waals surface area contributed by atoms with E-state index in [4.69, 9.17) is 4.74 Å². The molecule has 0 fully saturated rings. The molecule has 0 bridgehead atoms. The van der Waals surface area contributed by atoms with Crippen LogP contribution >= 0.6 is 0 Å². The lowest BCUT2D eigenvalue weighted by atomic mass is 10.3. The number of hydrogen-bond donors (Lipinski definition) is 1. The summed E-state index contributed by atoms with van der Waals surface area (Å²) >= 11 is 0. The molecule has 2 aromatic carbocycles. The molecule has 0 aromatic heterocycles. The van der Waals surface area contributed by atoms with E-state index in [-0.39, 0.29) is 0 Å². The van der Waals surface area contributed by atoms with Crippen LogP contribution in [0.4, 0.5) is 11.4 Å². The van der Waals surface area contributed by atoms with Gasteiger partial charge < -0.3 is 9.64 Å². The van der Waals surface area contributed by atoms with Crippen LogP contribution in [0.5, 0.6) is 5.75 Å². The molecule has 0 radical (unpaired) electrons. The molecule has 0 spiro atoms. The van der Waals surface area contributed by atoms with E-state index in [1.165, 1.54) is 11.4 Å². The Bertz CT molecular complexity index is 824. The number of ether oxygens (including phenoxy) is 1. The van der Waals surface area contributed by atoms with Gasteiger partial charge in [-0.2, -0.15) is 8.42 Å². The predicted octanol–water partition coefficient (Wildman–Crippen LogP) is 3.76. The van der Waals surface area contributed by atoms with Crippen molar-refractivity contribution in [1.82, 2.24) is 4.90 Å². The van der Waals surface area contributed by atoms with Gasteiger partial charge in [0.1, 0.15) is 5.75 Å². The molecule has 0 unspecified atom stereocenters. The molecule has 0 aliphatic rings. The van der Waals surface area contributed by atoms with Crippen molar-refractivity contribution in [1.29, 1.82) is 0 Å². The van der Waals surface area contributed by atoms with E-state index in [1.54, 1.807) is 48.5 Å². The van der Waals surface area contributed by atoms with Crippen LogP contribution in [0.1, 0.15) is 12.8 Å². The van der Waals surface area contributed by atoms with Crippen LogP contribution in [0.15, 0.2) is 67.3 Å². The summed E-state index contributed by atoms with van der Waals surface area (Å²) in [4.78, 5) is 2.21. The summed E-state index contributed by atoms with van der Waals surface area (Å²) in [5.41, 5.74) is 1.08. The first-order valence-electron chi connectivity index (χ1n) is 9.26. The van der Waals surface area contributed by atoms with Gasteiger partial charge in [-0.25, -0.2) is 0 Å². The Kier molecular flexibility index (Phi) is 8.35. The quantitative estimate of drug-likeness (QED) is 0.433. The number of benzene rings is 2. The Morgan fingerprint density at radius 1 is 1.04 bits per heavy atom. The van der Waals surface area contributed by atoms with Crippen LogP contribution < -0.4 is 13.8 Å². The summed E-state index contributed by atoms with van der Waals surface area (Å²) in [5, 5.41) is 0. The minimum absolute atomic E-state index is 0.521. The Hall–Kier alpha value is -2.51. The fraction of sp³-hybridized carbons (Fsp3) is 0.333. The number of para-hydroxylation sites is 1. The number of anilines is 2. The molecule has 0 aliphatic heterocycles. The fourth-order valence-electron chi connectivity index (χ4n) is 2.60. The molecule has 7 heteroatoms. The van der Waals surface area contributed by atoms with E-state index in [0.29, 0.717) is 18.0 Å². The molecule has 1 N–H and O–H groups in total. The minimum atomic E-state index is -3.69. The fourth-order valence-corrected chi connectivity index (χ4v) is 3.57. The SMILES string of the molecule is C=CCN(C)CCCCOc1ccc(N(C)S(=O)(=O)Nc2ccccc2)cc1. The van der Waals surface area contributed by atoms with Gasteiger partial charge in [-0.3, -0.25) is 9.03 Å². The average molecular weight is 404 g/mol. The highest BCUT2D eigenvalue weighted by Gasteiger charge is 2.18. The van der Waals surface area contributed by atoms with Crippen LogP contribution in [0.3, 0.4) is 0 Å². The van der Waals surface area contributed by atoms with E-state index in [1.807, 2.05) is 12.1 Å². The predicted molar refractivity (Wildman–Crippen MR) is 116 cm³/mol. The third kappa shape index (κ3) is 6.90. The third-order valence-corrected chi connectivity index (χ3v) is 5.65. The van der Waals surface area contributed by atoms with Gasteiger partial charge in [0.2, 0.25) is 0 Å². The summed E-state index contributed by atoms with van der Waals surface area (Å²) in [5.74, 6) is 0.727. The summed E-state index contributed by atoms with van der Waals surface area (Å²) in [6.07, 6.45) is 3.90. The molecule has 0 saturated carbocycles. The summed E-state index contributed by atoms with van der Waals surface area (Å²) in [6.45, 7) is 6.25. The molecule has 0 aliphatic carbocycles. The highest BCUT2D eigenvalue weighted by atomic mass is 32.2. The summed E-state index contributed by atoms with van der Waals surface area (Å²) in [7, 11) is -0.103. The molecule has 0 amide bonds. The van der Waals surface area contributed by atoms with Crippen LogP contribution in [-0.2, 0) is 10.2 Å². The molecule has 2 rings (SSSR count). The van der Waals surface area contributed by atoms with Gasteiger partial charge in [0.05, 0.1) is 18.0 Å². The summed E-state index contributed by atoms with van der Waals surface area (Å²) < 4.78 is 34.5. The standard InChI is InChI=1S/C21H29N3O3S/c1-4-16-23(2)17-8-9-18-27-21-14-12-20(13-15-21)24(3)28(25,26)22-19-10-6-5-7-11-19/h4-7,10-15,22H,1,8-9,16-18H2,2-3H3. The first-order chi connectivity index (χ1) is 13.4. The molecule has 2 aromatic rings. The van der Waals surface area contributed by atoms with Gasteiger partial charge in [0, 0.05) is 13.6 Å². The smallest absolute Gasteiger partial charge is 0.323 e. The number of unbranched alkanes of at least 4 members (excludes halogenated alkanes) is 1. The van der Waals surface area contributed by atoms with Crippen molar-refractivity contribution in [3.05, 3.63) is 67.3 Å². The van der Waals surface area contributed by atoms with Crippen LogP contribution in [0.2, 0.25) is 0 Å². The van der Waals surface area contributed by atoms with Crippen molar-refractivity contribution in [3.8, 4) is 5.75 Å². The first-order valence-corrected chi connectivity index (χ1v) is 10.7. The lowest BCUT2D eigenvalue weighted by Gasteiger charge is -2.20. The van der Waals surface area contributed by atoms with E-state index < -0.39 is 10.2 Å².